The highest BCUT2D eigenvalue weighted by atomic mass is 35.5. The van der Waals surface area contributed by atoms with Crippen molar-refractivity contribution in [3.8, 4) is 17.3 Å². The number of H-pyrrole nitrogens is 1. The molecule has 2 rings (SSSR count). The van der Waals surface area contributed by atoms with Crippen LogP contribution in [0.25, 0.3) is 11.3 Å². The molecule has 21 heavy (non-hydrogen) atoms. The first-order valence-corrected chi connectivity index (χ1v) is 6.15. The van der Waals surface area contributed by atoms with Crippen LogP contribution in [-0.4, -0.2) is 29.0 Å². The SMILES string of the molecule is COC(=O)C(C#N)=NNc1cc(-c2ccc(Cl)cc2)[nH]n1. The molecule has 1 aromatic heterocycles. The van der Waals surface area contributed by atoms with Crippen molar-refractivity contribution in [3.05, 3.63) is 35.4 Å². The molecule has 0 spiro atoms. The number of benzene rings is 1. The number of methoxy groups -OCH3 is 1. The molecule has 0 aliphatic heterocycles. The van der Waals surface area contributed by atoms with E-state index in [-0.39, 0.29) is 0 Å². The maximum atomic E-state index is 11.2. The lowest BCUT2D eigenvalue weighted by Gasteiger charge is -1.97. The predicted octanol–water partition coefficient (Wildman–Crippen LogP) is 2.19. The molecule has 0 fully saturated rings. The van der Waals surface area contributed by atoms with Gasteiger partial charge < -0.3 is 4.74 Å². The average Bonchev–Trinajstić information content (AvgIpc) is 2.97. The maximum Gasteiger partial charge on any atom is 0.369 e. The molecule has 0 radical (unpaired) electrons. The number of esters is 1. The number of carbonyl (C=O) groups excluding carboxylic acids is 1. The van der Waals surface area contributed by atoms with E-state index in [2.05, 4.69) is 25.5 Å². The maximum absolute atomic E-state index is 11.2. The number of hydrogen-bond donors (Lipinski definition) is 2. The molecule has 0 unspecified atom stereocenters. The molecule has 0 amide bonds. The van der Waals surface area contributed by atoms with Crippen molar-refractivity contribution < 1.29 is 9.53 Å². The van der Waals surface area contributed by atoms with E-state index in [1.807, 2.05) is 12.1 Å². The summed E-state index contributed by atoms with van der Waals surface area (Å²) in [5, 5.41) is 19.8. The first-order valence-electron chi connectivity index (χ1n) is 5.77. The fourth-order valence-electron chi connectivity index (χ4n) is 1.48. The van der Waals surface area contributed by atoms with Gasteiger partial charge in [-0.1, -0.05) is 23.7 Å². The molecular formula is C13H10ClN5O2. The Hall–Kier alpha value is -2.85. The number of nitriles is 1. The summed E-state index contributed by atoms with van der Waals surface area (Å²) in [6, 6.07) is 10.5. The van der Waals surface area contributed by atoms with Crippen molar-refractivity contribution in [2.45, 2.75) is 0 Å². The molecule has 8 heteroatoms. The zero-order valence-electron chi connectivity index (χ0n) is 10.9. The van der Waals surface area contributed by atoms with Crippen molar-refractivity contribution in [1.29, 1.82) is 5.26 Å². The fraction of sp³-hybridized carbons (Fsp3) is 0.0769. The molecule has 0 saturated carbocycles. The summed E-state index contributed by atoms with van der Waals surface area (Å²) in [6.07, 6.45) is 0. The molecule has 2 N–H and O–H groups in total. The van der Waals surface area contributed by atoms with Crippen LogP contribution in [0.3, 0.4) is 0 Å². The summed E-state index contributed by atoms with van der Waals surface area (Å²) in [5.74, 6) is -0.463. The molecule has 0 saturated heterocycles. The van der Waals surface area contributed by atoms with Gasteiger partial charge in [-0.3, -0.25) is 10.5 Å². The van der Waals surface area contributed by atoms with Crippen LogP contribution < -0.4 is 5.43 Å². The summed E-state index contributed by atoms with van der Waals surface area (Å²) in [7, 11) is 1.17. The van der Waals surface area contributed by atoms with Gasteiger partial charge in [0, 0.05) is 11.1 Å². The molecule has 0 bridgehead atoms. The van der Waals surface area contributed by atoms with E-state index in [4.69, 9.17) is 16.9 Å². The van der Waals surface area contributed by atoms with Gasteiger partial charge in [-0.05, 0) is 17.7 Å². The largest absolute Gasteiger partial charge is 0.464 e. The number of aromatic nitrogens is 2. The summed E-state index contributed by atoms with van der Waals surface area (Å²) in [4.78, 5) is 11.2. The van der Waals surface area contributed by atoms with Crippen LogP contribution in [0.5, 0.6) is 0 Å². The average molecular weight is 304 g/mol. The number of hydrazone groups is 1. The smallest absolute Gasteiger partial charge is 0.369 e. The quantitative estimate of drug-likeness (QED) is 0.512. The second-order valence-corrected chi connectivity index (χ2v) is 4.29. The van der Waals surface area contributed by atoms with Crippen molar-refractivity contribution in [3.63, 3.8) is 0 Å². The minimum Gasteiger partial charge on any atom is -0.464 e. The molecule has 106 valence electrons. The molecule has 0 aliphatic carbocycles. The zero-order valence-corrected chi connectivity index (χ0v) is 11.7. The van der Waals surface area contributed by atoms with Crippen molar-refractivity contribution in [2.75, 3.05) is 12.5 Å². The number of rotatable bonds is 4. The Labute approximate surface area is 125 Å². The number of nitrogens with zero attached hydrogens (tertiary/aromatic N) is 3. The van der Waals surface area contributed by atoms with Gasteiger partial charge >= 0.3 is 5.97 Å². The number of carbonyl (C=O) groups is 1. The van der Waals surface area contributed by atoms with Gasteiger partial charge in [-0.2, -0.15) is 15.5 Å². The van der Waals surface area contributed by atoms with E-state index in [0.717, 1.165) is 11.3 Å². The van der Waals surface area contributed by atoms with E-state index in [1.54, 1.807) is 24.3 Å². The molecule has 0 aliphatic rings. The Kier molecular flexibility index (Phi) is 4.53. The van der Waals surface area contributed by atoms with Crippen molar-refractivity contribution >= 4 is 29.1 Å². The van der Waals surface area contributed by atoms with Gasteiger partial charge in [-0.25, -0.2) is 4.79 Å². The van der Waals surface area contributed by atoms with E-state index in [0.29, 0.717) is 10.8 Å². The molecule has 1 aromatic carbocycles. The van der Waals surface area contributed by atoms with Crippen LogP contribution in [0.1, 0.15) is 0 Å². The number of aromatic amines is 1. The monoisotopic (exact) mass is 303 g/mol. The van der Waals surface area contributed by atoms with Crippen LogP contribution in [0.2, 0.25) is 5.02 Å². The molecule has 0 atom stereocenters. The van der Waals surface area contributed by atoms with Crippen molar-refractivity contribution in [2.24, 2.45) is 5.10 Å². The van der Waals surface area contributed by atoms with Gasteiger partial charge in [0.2, 0.25) is 5.71 Å². The van der Waals surface area contributed by atoms with Crippen LogP contribution in [0, 0.1) is 11.3 Å². The predicted molar refractivity (Wildman–Crippen MR) is 77.7 cm³/mol. The third-order valence-electron chi connectivity index (χ3n) is 2.50. The number of hydrogen-bond acceptors (Lipinski definition) is 6. The minimum absolute atomic E-state index is 0.358. The highest BCUT2D eigenvalue weighted by Gasteiger charge is 2.11. The standard InChI is InChI=1S/C13H10ClN5O2/c1-21-13(20)11(7-15)17-19-12-6-10(16-18-12)8-2-4-9(14)5-3-8/h2-6H,1H3,(H2,16,18,19). The van der Waals surface area contributed by atoms with E-state index in [1.165, 1.54) is 7.11 Å². The summed E-state index contributed by atoms with van der Waals surface area (Å²) >= 11 is 5.82. The Morgan fingerprint density at radius 3 is 2.81 bits per heavy atom. The van der Waals surface area contributed by atoms with Gasteiger partial charge in [0.1, 0.15) is 6.07 Å². The minimum atomic E-state index is -0.821. The first kappa shape index (κ1) is 14.6. The highest BCUT2D eigenvalue weighted by molar-refractivity contribution is 6.43. The van der Waals surface area contributed by atoms with Crippen LogP contribution in [-0.2, 0) is 9.53 Å². The first-order chi connectivity index (χ1) is 10.1. The van der Waals surface area contributed by atoms with E-state index >= 15 is 0 Å². The Morgan fingerprint density at radius 1 is 1.48 bits per heavy atom. The molecular weight excluding hydrogens is 294 g/mol. The lowest BCUT2D eigenvalue weighted by molar-refractivity contribution is -0.132. The third kappa shape index (κ3) is 3.58. The fourth-order valence-corrected chi connectivity index (χ4v) is 1.61. The van der Waals surface area contributed by atoms with Crippen LogP contribution >= 0.6 is 11.6 Å². The Bertz CT molecular complexity index is 715. The number of anilines is 1. The third-order valence-corrected chi connectivity index (χ3v) is 2.75. The highest BCUT2D eigenvalue weighted by Crippen LogP contribution is 2.21. The van der Waals surface area contributed by atoms with Crippen molar-refractivity contribution in [1.82, 2.24) is 10.2 Å². The Morgan fingerprint density at radius 2 is 2.19 bits per heavy atom. The molecule has 2 aromatic rings. The van der Waals surface area contributed by atoms with Gasteiger partial charge in [0.15, 0.2) is 5.82 Å². The second-order valence-electron chi connectivity index (χ2n) is 3.85. The van der Waals surface area contributed by atoms with E-state index in [9.17, 15) is 4.79 Å². The lowest BCUT2D eigenvalue weighted by Crippen LogP contribution is -2.15. The second kappa shape index (κ2) is 6.54. The van der Waals surface area contributed by atoms with Crippen LogP contribution in [0.4, 0.5) is 5.82 Å². The number of ether oxygens (including phenoxy) is 1. The normalized spacial score (nSPS) is 10.8. The number of halogens is 1. The molecule has 7 nitrogen and oxygen atoms in total. The summed E-state index contributed by atoms with van der Waals surface area (Å²) in [5.41, 5.74) is 3.74. The van der Waals surface area contributed by atoms with Crippen LogP contribution in [0.15, 0.2) is 35.4 Å². The van der Waals surface area contributed by atoms with Gasteiger partial charge in [-0.15, -0.1) is 0 Å². The lowest BCUT2D eigenvalue weighted by atomic mass is 10.1. The number of nitrogens with one attached hydrogen (secondary N) is 2. The topological polar surface area (TPSA) is 103 Å². The van der Waals surface area contributed by atoms with Gasteiger partial charge in [0.25, 0.3) is 0 Å². The Balaban J connectivity index is 2.14. The van der Waals surface area contributed by atoms with Gasteiger partial charge in [0.05, 0.1) is 12.8 Å². The summed E-state index contributed by atoms with van der Waals surface area (Å²) in [6.45, 7) is 0. The molecule has 1 heterocycles. The zero-order chi connectivity index (χ0) is 15.2. The summed E-state index contributed by atoms with van der Waals surface area (Å²) < 4.78 is 4.40. The van der Waals surface area contributed by atoms with E-state index < -0.39 is 11.7 Å².